The SMILES string of the molecule is Nc1cnc(NC2CCCCC2)c(Cl)c1. The van der Waals surface area contributed by atoms with Gasteiger partial charge in [-0.3, -0.25) is 0 Å². The third-order valence-electron chi connectivity index (χ3n) is 2.81. The molecule has 1 aromatic heterocycles. The van der Waals surface area contributed by atoms with Crippen LogP contribution in [0.2, 0.25) is 5.02 Å². The first kappa shape index (κ1) is 10.6. The number of hydrogen-bond acceptors (Lipinski definition) is 3. The Morgan fingerprint density at radius 2 is 2.07 bits per heavy atom. The number of nitrogens with one attached hydrogen (secondary N) is 1. The van der Waals surface area contributed by atoms with Gasteiger partial charge in [-0.2, -0.15) is 0 Å². The molecule has 1 heterocycles. The summed E-state index contributed by atoms with van der Waals surface area (Å²) in [7, 11) is 0. The van der Waals surface area contributed by atoms with E-state index in [0.717, 1.165) is 5.82 Å². The minimum atomic E-state index is 0.521. The molecule has 0 aromatic carbocycles. The molecule has 0 aliphatic heterocycles. The fraction of sp³-hybridized carbons (Fsp3) is 0.545. The van der Waals surface area contributed by atoms with Crippen LogP contribution in [0.4, 0.5) is 11.5 Å². The van der Waals surface area contributed by atoms with E-state index < -0.39 is 0 Å². The van der Waals surface area contributed by atoms with Gasteiger partial charge in [-0.1, -0.05) is 30.9 Å². The first-order chi connectivity index (χ1) is 7.25. The second-order valence-electron chi connectivity index (χ2n) is 4.08. The number of nitrogens with zero attached hydrogens (tertiary/aromatic N) is 1. The number of rotatable bonds is 2. The molecule has 0 saturated heterocycles. The Hall–Kier alpha value is -0.960. The van der Waals surface area contributed by atoms with Gasteiger partial charge in [-0.15, -0.1) is 0 Å². The van der Waals surface area contributed by atoms with Crippen LogP contribution in [0, 0.1) is 0 Å². The number of pyridine rings is 1. The van der Waals surface area contributed by atoms with E-state index in [1.54, 1.807) is 12.3 Å². The monoisotopic (exact) mass is 225 g/mol. The summed E-state index contributed by atoms with van der Waals surface area (Å²) in [5.41, 5.74) is 6.19. The number of nitrogens with two attached hydrogens (primary N) is 1. The lowest BCUT2D eigenvalue weighted by molar-refractivity contribution is 0.462. The zero-order valence-corrected chi connectivity index (χ0v) is 9.43. The molecule has 0 bridgehead atoms. The molecule has 2 rings (SSSR count). The summed E-state index contributed by atoms with van der Waals surface area (Å²) in [5.74, 6) is 0.762. The van der Waals surface area contributed by atoms with Crippen LogP contribution in [-0.2, 0) is 0 Å². The molecule has 1 aliphatic carbocycles. The van der Waals surface area contributed by atoms with Crippen molar-refractivity contribution in [3.8, 4) is 0 Å². The maximum Gasteiger partial charge on any atom is 0.145 e. The highest BCUT2D eigenvalue weighted by molar-refractivity contribution is 6.33. The lowest BCUT2D eigenvalue weighted by atomic mass is 9.95. The predicted octanol–water partition coefficient (Wildman–Crippen LogP) is 3.06. The van der Waals surface area contributed by atoms with Crippen LogP contribution in [0.15, 0.2) is 12.3 Å². The zero-order valence-electron chi connectivity index (χ0n) is 8.67. The predicted molar refractivity (Wildman–Crippen MR) is 64.2 cm³/mol. The molecule has 0 spiro atoms. The second-order valence-corrected chi connectivity index (χ2v) is 4.49. The second kappa shape index (κ2) is 4.71. The van der Waals surface area contributed by atoms with Crippen LogP contribution in [0.3, 0.4) is 0 Å². The van der Waals surface area contributed by atoms with E-state index in [1.165, 1.54) is 32.1 Å². The van der Waals surface area contributed by atoms with Crippen molar-refractivity contribution in [1.29, 1.82) is 0 Å². The van der Waals surface area contributed by atoms with Crippen molar-refractivity contribution < 1.29 is 0 Å². The van der Waals surface area contributed by atoms with Crippen LogP contribution in [0.5, 0.6) is 0 Å². The lowest BCUT2D eigenvalue weighted by Gasteiger charge is -2.23. The average Bonchev–Trinajstić information content (AvgIpc) is 2.24. The summed E-state index contributed by atoms with van der Waals surface area (Å²) >= 11 is 6.04. The fourth-order valence-corrected chi connectivity index (χ4v) is 2.23. The average molecular weight is 226 g/mol. The standard InChI is InChI=1S/C11H16ClN3/c12-10-6-8(13)7-14-11(10)15-9-4-2-1-3-5-9/h6-7,9H,1-5,13H2,(H,14,15). The normalized spacial score (nSPS) is 17.7. The van der Waals surface area contributed by atoms with Gasteiger partial charge in [0.2, 0.25) is 0 Å². The highest BCUT2D eigenvalue weighted by Gasteiger charge is 2.14. The van der Waals surface area contributed by atoms with Crippen molar-refractivity contribution in [1.82, 2.24) is 4.98 Å². The van der Waals surface area contributed by atoms with Crippen molar-refractivity contribution in [2.75, 3.05) is 11.1 Å². The van der Waals surface area contributed by atoms with Crippen LogP contribution < -0.4 is 11.1 Å². The zero-order chi connectivity index (χ0) is 10.7. The summed E-state index contributed by atoms with van der Waals surface area (Å²) in [6.07, 6.45) is 8.00. The van der Waals surface area contributed by atoms with Gasteiger partial charge >= 0.3 is 0 Å². The third-order valence-corrected chi connectivity index (χ3v) is 3.10. The summed E-state index contributed by atoms with van der Waals surface area (Å²) in [4.78, 5) is 4.20. The topological polar surface area (TPSA) is 50.9 Å². The van der Waals surface area contributed by atoms with E-state index in [1.807, 2.05) is 0 Å². The van der Waals surface area contributed by atoms with E-state index >= 15 is 0 Å². The van der Waals surface area contributed by atoms with Crippen molar-refractivity contribution in [2.45, 2.75) is 38.1 Å². The van der Waals surface area contributed by atoms with E-state index in [4.69, 9.17) is 17.3 Å². The van der Waals surface area contributed by atoms with Gasteiger partial charge in [-0.25, -0.2) is 4.98 Å². The Kier molecular flexibility index (Phi) is 3.31. The molecule has 1 aromatic rings. The third kappa shape index (κ3) is 2.75. The molecular weight excluding hydrogens is 210 g/mol. The van der Waals surface area contributed by atoms with E-state index in [2.05, 4.69) is 10.3 Å². The number of aromatic nitrogens is 1. The minimum absolute atomic E-state index is 0.521. The molecule has 0 atom stereocenters. The van der Waals surface area contributed by atoms with Crippen molar-refractivity contribution >= 4 is 23.1 Å². The Morgan fingerprint density at radius 1 is 1.33 bits per heavy atom. The number of anilines is 2. The summed E-state index contributed by atoms with van der Waals surface area (Å²) in [5, 5.41) is 3.99. The first-order valence-corrected chi connectivity index (χ1v) is 5.81. The van der Waals surface area contributed by atoms with Crippen molar-refractivity contribution in [2.24, 2.45) is 0 Å². The fourth-order valence-electron chi connectivity index (χ4n) is 2.00. The summed E-state index contributed by atoms with van der Waals surface area (Å²) < 4.78 is 0. The minimum Gasteiger partial charge on any atom is -0.397 e. The van der Waals surface area contributed by atoms with Gasteiger partial charge < -0.3 is 11.1 Å². The molecule has 82 valence electrons. The van der Waals surface area contributed by atoms with Gasteiger partial charge in [0, 0.05) is 6.04 Å². The molecule has 15 heavy (non-hydrogen) atoms. The number of nitrogen functional groups attached to an aromatic ring is 1. The molecule has 3 N–H and O–H groups in total. The van der Waals surface area contributed by atoms with Crippen LogP contribution in [-0.4, -0.2) is 11.0 Å². The highest BCUT2D eigenvalue weighted by atomic mass is 35.5. The van der Waals surface area contributed by atoms with Gasteiger partial charge in [0.15, 0.2) is 0 Å². The maximum absolute atomic E-state index is 6.04. The molecule has 0 unspecified atom stereocenters. The van der Waals surface area contributed by atoms with E-state index in [9.17, 15) is 0 Å². The molecule has 1 saturated carbocycles. The van der Waals surface area contributed by atoms with Crippen molar-refractivity contribution in [3.05, 3.63) is 17.3 Å². The maximum atomic E-state index is 6.04. The largest absolute Gasteiger partial charge is 0.397 e. The molecule has 4 heteroatoms. The molecule has 0 amide bonds. The van der Waals surface area contributed by atoms with Gasteiger partial charge in [-0.05, 0) is 18.9 Å². The van der Waals surface area contributed by atoms with Crippen molar-refractivity contribution in [3.63, 3.8) is 0 Å². The first-order valence-electron chi connectivity index (χ1n) is 5.43. The quantitative estimate of drug-likeness (QED) is 0.814. The molecule has 3 nitrogen and oxygen atoms in total. The smallest absolute Gasteiger partial charge is 0.145 e. The van der Waals surface area contributed by atoms with Crippen LogP contribution in [0.25, 0.3) is 0 Å². The van der Waals surface area contributed by atoms with E-state index in [0.29, 0.717) is 16.8 Å². The Balaban J connectivity index is 2.03. The molecule has 1 aliphatic rings. The molecular formula is C11H16ClN3. The van der Waals surface area contributed by atoms with Gasteiger partial charge in [0.1, 0.15) is 5.82 Å². The van der Waals surface area contributed by atoms with Crippen LogP contribution >= 0.6 is 11.6 Å². The van der Waals surface area contributed by atoms with Gasteiger partial charge in [0.05, 0.1) is 16.9 Å². The van der Waals surface area contributed by atoms with Crippen LogP contribution in [0.1, 0.15) is 32.1 Å². The number of halogens is 1. The van der Waals surface area contributed by atoms with Gasteiger partial charge in [0.25, 0.3) is 0 Å². The Labute approximate surface area is 95.0 Å². The molecule has 1 fully saturated rings. The lowest BCUT2D eigenvalue weighted by Crippen LogP contribution is -2.23. The molecule has 0 radical (unpaired) electrons. The Bertz CT molecular complexity index is 335. The summed E-state index contributed by atoms with van der Waals surface area (Å²) in [6, 6.07) is 2.26. The van der Waals surface area contributed by atoms with E-state index in [-0.39, 0.29) is 0 Å². The highest BCUT2D eigenvalue weighted by Crippen LogP contribution is 2.25. The Morgan fingerprint density at radius 3 is 2.73 bits per heavy atom. The summed E-state index contributed by atoms with van der Waals surface area (Å²) in [6.45, 7) is 0. The number of hydrogen-bond donors (Lipinski definition) is 2.